The van der Waals surface area contributed by atoms with Crippen LogP contribution in [-0.4, -0.2) is 35.7 Å². The minimum atomic E-state index is -1.48. The van der Waals surface area contributed by atoms with Gasteiger partial charge in [0.1, 0.15) is 6.23 Å². The van der Waals surface area contributed by atoms with Crippen LogP contribution in [0.25, 0.3) is 0 Å². The smallest absolute Gasteiger partial charge is 0.330 e. The predicted molar refractivity (Wildman–Crippen MR) is 90.9 cm³/mol. The third kappa shape index (κ3) is 4.59. The van der Waals surface area contributed by atoms with E-state index < -0.39 is 26.7 Å². The Kier molecular flexibility index (Phi) is 6.21. The largest absolute Gasteiger partial charge is 0.394 e. The SMILES string of the molecule is Cc1cn([C@H]2C[C@@H](SSC(Cl)(Cl)Cl)[C@@H](CO)O2)c(=O)[nH]c1=O. The Morgan fingerprint density at radius 2 is 2.18 bits per heavy atom. The number of H-pyrrole nitrogens is 1. The van der Waals surface area contributed by atoms with Crippen molar-refractivity contribution < 1.29 is 9.84 Å². The maximum atomic E-state index is 11.9. The van der Waals surface area contributed by atoms with Gasteiger partial charge >= 0.3 is 5.69 Å². The average molecular weight is 408 g/mol. The van der Waals surface area contributed by atoms with E-state index in [-0.39, 0.29) is 11.9 Å². The summed E-state index contributed by atoms with van der Waals surface area (Å²) in [5.41, 5.74) is -0.594. The second kappa shape index (κ2) is 7.38. The van der Waals surface area contributed by atoms with Crippen LogP contribution in [0.15, 0.2) is 15.8 Å². The van der Waals surface area contributed by atoms with Crippen LogP contribution in [0.5, 0.6) is 0 Å². The zero-order valence-corrected chi connectivity index (χ0v) is 15.2. The Morgan fingerprint density at radius 1 is 1.50 bits per heavy atom. The molecule has 0 aliphatic carbocycles. The van der Waals surface area contributed by atoms with Crippen LogP contribution >= 0.6 is 56.4 Å². The molecule has 1 fully saturated rings. The maximum Gasteiger partial charge on any atom is 0.330 e. The monoisotopic (exact) mass is 406 g/mol. The number of ether oxygens (including phenoxy) is 1. The van der Waals surface area contributed by atoms with Gasteiger partial charge in [0.15, 0.2) is 0 Å². The van der Waals surface area contributed by atoms with E-state index in [1.165, 1.54) is 21.6 Å². The van der Waals surface area contributed by atoms with Gasteiger partial charge in [-0.25, -0.2) is 4.79 Å². The standard InChI is InChI=1S/C11H13Cl3N2O4S2/c1-5-3-16(10(19)15-9(5)18)8-2-7(6(4-17)20-8)21-22-11(12,13)14/h3,6-8,17H,2,4H2,1H3,(H,15,18,19)/t6-,7-,8-/m1/s1. The van der Waals surface area contributed by atoms with Gasteiger partial charge in [-0.15, -0.1) is 0 Å². The molecule has 1 aromatic rings. The van der Waals surface area contributed by atoms with Gasteiger partial charge in [0.2, 0.25) is 3.12 Å². The lowest BCUT2D eigenvalue weighted by Gasteiger charge is -2.17. The number of aromatic nitrogens is 2. The van der Waals surface area contributed by atoms with Crippen molar-refractivity contribution in [3.05, 3.63) is 32.6 Å². The quantitative estimate of drug-likeness (QED) is 0.588. The number of hydrogen-bond acceptors (Lipinski definition) is 6. The molecule has 1 saturated heterocycles. The molecule has 1 aliphatic heterocycles. The first-order valence-electron chi connectivity index (χ1n) is 6.21. The molecule has 0 radical (unpaired) electrons. The summed E-state index contributed by atoms with van der Waals surface area (Å²) >= 11 is 17.1. The fraction of sp³-hybridized carbons (Fsp3) is 0.636. The number of aliphatic hydroxyl groups is 1. The van der Waals surface area contributed by atoms with Crippen molar-refractivity contribution in [2.45, 2.75) is 34.1 Å². The first-order valence-corrected chi connectivity index (χ1v) is 9.55. The van der Waals surface area contributed by atoms with Crippen molar-refractivity contribution >= 4 is 56.4 Å². The lowest BCUT2D eigenvalue weighted by Crippen LogP contribution is -2.33. The summed E-state index contributed by atoms with van der Waals surface area (Å²) in [5.74, 6) is 0. The molecule has 11 heteroatoms. The van der Waals surface area contributed by atoms with Gasteiger partial charge in [-0.2, -0.15) is 0 Å². The van der Waals surface area contributed by atoms with Crippen LogP contribution in [-0.2, 0) is 4.74 Å². The van der Waals surface area contributed by atoms with Crippen molar-refractivity contribution in [3.63, 3.8) is 0 Å². The summed E-state index contributed by atoms with van der Waals surface area (Å²) in [6.45, 7) is 1.38. The Morgan fingerprint density at radius 3 is 2.77 bits per heavy atom. The Hall–Kier alpha value is 0.170. The highest BCUT2D eigenvalue weighted by Crippen LogP contribution is 2.51. The van der Waals surface area contributed by atoms with E-state index in [1.807, 2.05) is 0 Å². The van der Waals surface area contributed by atoms with E-state index in [2.05, 4.69) is 4.98 Å². The van der Waals surface area contributed by atoms with Gasteiger partial charge in [-0.1, -0.05) is 45.6 Å². The summed E-state index contributed by atoms with van der Waals surface area (Å²) in [6.07, 6.45) is 0.799. The lowest BCUT2D eigenvalue weighted by molar-refractivity contribution is -0.0238. The van der Waals surface area contributed by atoms with Crippen molar-refractivity contribution in [3.8, 4) is 0 Å². The summed E-state index contributed by atoms with van der Waals surface area (Å²) in [7, 11) is 2.32. The first kappa shape index (κ1) is 18.5. The molecule has 2 heterocycles. The molecule has 6 nitrogen and oxygen atoms in total. The zero-order valence-electron chi connectivity index (χ0n) is 11.3. The second-order valence-corrected chi connectivity index (χ2v) is 10.3. The molecule has 3 atom stereocenters. The number of alkyl halides is 3. The summed E-state index contributed by atoms with van der Waals surface area (Å²) in [6, 6.07) is 0. The van der Waals surface area contributed by atoms with Gasteiger partial charge in [-0.05, 0) is 17.7 Å². The van der Waals surface area contributed by atoms with Crippen molar-refractivity contribution in [1.29, 1.82) is 0 Å². The van der Waals surface area contributed by atoms with Crippen LogP contribution in [0.4, 0.5) is 0 Å². The number of nitrogens with zero attached hydrogens (tertiary/aromatic N) is 1. The molecule has 1 aliphatic rings. The summed E-state index contributed by atoms with van der Waals surface area (Å²) in [4.78, 5) is 25.5. The molecule has 2 N–H and O–H groups in total. The third-order valence-electron chi connectivity index (χ3n) is 3.08. The van der Waals surface area contributed by atoms with E-state index in [0.717, 1.165) is 10.8 Å². The van der Waals surface area contributed by atoms with Crippen LogP contribution in [0.1, 0.15) is 18.2 Å². The minimum Gasteiger partial charge on any atom is -0.394 e. The van der Waals surface area contributed by atoms with E-state index in [9.17, 15) is 14.7 Å². The third-order valence-corrected chi connectivity index (χ3v) is 7.41. The Bertz CT molecular complexity index is 645. The molecule has 0 saturated carbocycles. The van der Waals surface area contributed by atoms with Crippen LogP contribution in [0.3, 0.4) is 0 Å². The van der Waals surface area contributed by atoms with Gasteiger partial charge in [0.05, 0.1) is 12.7 Å². The van der Waals surface area contributed by atoms with Gasteiger partial charge < -0.3 is 9.84 Å². The van der Waals surface area contributed by atoms with Crippen LogP contribution in [0.2, 0.25) is 0 Å². The number of aliphatic hydroxyl groups excluding tert-OH is 1. The molecule has 22 heavy (non-hydrogen) atoms. The van der Waals surface area contributed by atoms with E-state index in [4.69, 9.17) is 39.5 Å². The average Bonchev–Trinajstić information content (AvgIpc) is 2.83. The normalized spacial score (nSPS) is 25.6. The van der Waals surface area contributed by atoms with Crippen LogP contribution < -0.4 is 11.2 Å². The highest BCUT2D eigenvalue weighted by atomic mass is 35.6. The van der Waals surface area contributed by atoms with Crippen molar-refractivity contribution in [2.24, 2.45) is 0 Å². The highest BCUT2D eigenvalue weighted by Gasteiger charge is 2.38. The lowest BCUT2D eigenvalue weighted by atomic mass is 10.2. The fourth-order valence-electron chi connectivity index (χ4n) is 2.05. The second-order valence-electron chi connectivity index (χ2n) is 4.69. The summed E-state index contributed by atoms with van der Waals surface area (Å²) < 4.78 is 5.51. The molecule has 0 unspecified atom stereocenters. The molecular weight excluding hydrogens is 395 g/mol. The number of aryl methyl sites for hydroxylation is 1. The molecule has 2 rings (SSSR count). The molecule has 124 valence electrons. The topological polar surface area (TPSA) is 84.3 Å². The number of rotatable bonds is 4. The zero-order chi connectivity index (χ0) is 16.5. The molecule has 0 bridgehead atoms. The summed E-state index contributed by atoms with van der Waals surface area (Å²) in [5, 5.41) is 9.25. The maximum absolute atomic E-state index is 11.9. The highest BCUT2D eigenvalue weighted by molar-refractivity contribution is 8.78. The predicted octanol–water partition coefficient (Wildman–Crippen LogP) is 2.20. The number of halogens is 3. The van der Waals surface area contributed by atoms with Gasteiger partial charge in [-0.3, -0.25) is 14.3 Å². The minimum absolute atomic E-state index is 0.158. The fourth-order valence-corrected chi connectivity index (χ4v) is 5.09. The van der Waals surface area contributed by atoms with Crippen LogP contribution in [0, 0.1) is 6.92 Å². The van der Waals surface area contributed by atoms with E-state index in [0.29, 0.717) is 12.0 Å². The Labute approximate surface area is 148 Å². The number of aromatic amines is 1. The molecule has 0 amide bonds. The molecule has 0 aromatic carbocycles. The molecule has 0 spiro atoms. The van der Waals surface area contributed by atoms with E-state index >= 15 is 0 Å². The van der Waals surface area contributed by atoms with Crippen molar-refractivity contribution in [1.82, 2.24) is 9.55 Å². The molecule has 1 aromatic heterocycles. The number of nitrogens with one attached hydrogen (secondary N) is 1. The van der Waals surface area contributed by atoms with Crippen molar-refractivity contribution in [2.75, 3.05) is 6.61 Å². The molecular formula is C11H13Cl3N2O4S2. The van der Waals surface area contributed by atoms with E-state index in [1.54, 1.807) is 6.92 Å². The Balaban J connectivity index is 2.16. The van der Waals surface area contributed by atoms with Gasteiger partial charge in [0, 0.05) is 23.4 Å². The van der Waals surface area contributed by atoms with Gasteiger partial charge in [0.25, 0.3) is 5.56 Å². The number of hydrogen-bond donors (Lipinski definition) is 2. The first-order chi connectivity index (χ1) is 10.2.